The molecule has 2 aliphatic heterocycles. The monoisotopic (exact) mass is 404 g/mol. The van der Waals surface area contributed by atoms with Crippen LogP contribution < -0.4 is 0 Å². The molecule has 0 saturated carbocycles. The molecule has 9 heteroatoms. The van der Waals surface area contributed by atoms with E-state index in [1.807, 2.05) is 0 Å². The number of carbonyl (C=O) groups is 3. The Hall–Kier alpha value is -1.16. The first-order valence-corrected chi connectivity index (χ1v) is 10.3. The third-order valence-electron chi connectivity index (χ3n) is 4.24. The Morgan fingerprint density at radius 3 is 1.89 bits per heavy atom. The molecule has 0 aromatic rings. The number of ketones is 1. The van der Waals surface area contributed by atoms with Gasteiger partial charge in [0.1, 0.15) is 5.78 Å². The number of rotatable bonds is 6. The molecule has 0 radical (unpaired) electrons. The molecule has 2 aliphatic rings. The first-order valence-electron chi connectivity index (χ1n) is 9.13. The van der Waals surface area contributed by atoms with Crippen LogP contribution in [0.1, 0.15) is 34.6 Å². The molecule has 27 heavy (non-hydrogen) atoms. The molecule has 0 amide bonds. The Balaban J connectivity index is 2.18. The lowest BCUT2D eigenvalue weighted by Gasteiger charge is -2.31. The number of hydrogen-bond acceptors (Lipinski definition) is 9. The fourth-order valence-corrected chi connectivity index (χ4v) is 4.37. The van der Waals surface area contributed by atoms with Crippen molar-refractivity contribution in [3.63, 3.8) is 0 Å². The third kappa shape index (κ3) is 5.43. The van der Waals surface area contributed by atoms with Gasteiger partial charge in [0.25, 0.3) is 0 Å². The molecule has 2 fully saturated rings. The molecule has 2 saturated heterocycles. The lowest BCUT2D eigenvalue weighted by atomic mass is 9.90. The highest BCUT2D eigenvalue weighted by molar-refractivity contribution is 7.99. The smallest absolute Gasteiger partial charge is 0.339 e. The second-order valence-electron chi connectivity index (χ2n) is 7.35. The van der Waals surface area contributed by atoms with E-state index in [4.69, 9.17) is 18.9 Å². The maximum Gasteiger partial charge on any atom is 0.339 e. The lowest BCUT2D eigenvalue weighted by molar-refractivity contribution is -0.167. The van der Waals surface area contributed by atoms with Crippen LogP contribution >= 0.6 is 11.8 Å². The van der Waals surface area contributed by atoms with Crippen LogP contribution in [0.25, 0.3) is 0 Å². The molecule has 0 aromatic heterocycles. The van der Waals surface area contributed by atoms with Gasteiger partial charge in [-0.3, -0.25) is 4.79 Å². The summed E-state index contributed by atoms with van der Waals surface area (Å²) in [6, 6.07) is 0. The summed E-state index contributed by atoms with van der Waals surface area (Å²) in [6.45, 7) is 8.29. The Kier molecular flexibility index (Phi) is 7.67. The number of carbonyl (C=O) groups excluding carboxylic acids is 3. The van der Waals surface area contributed by atoms with Crippen LogP contribution in [-0.2, 0) is 33.3 Å². The van der Waals surface area contributed by atoms with Crippen LogP contribution in [-0.4, -0.2) is 71.1 Å². The average Bonchev–Trinajstić information content (AvgIpc) is 2.98. The van der Waals surface area contributed by atoms with Gasteiger partial charge in [0, 0.05) is 11.5 Å². The van der Waals surface area contributed by atoms with Gasteiger partial charge in [-0.15, -0.1) is 0 Å². The van der Waals surface area contributed by atoms with Crippen molar-refractivity contribution in [3.8, 4) is 0 Å². The minimum atomic E-state index is -1.30. The quantitative estimate of drug-likeness (QED) is 0.647. The molecule has 2 rings (SSSR count). The zero-order valence-electron chi connectivity index (χ0n) is 16.2. The van der Waals surface area contributed by atoms with Crippen LogP contribution in [0, 0.1) is 11.8 Å². The summed E-state index contributed by atoms with van der Waals surface area (Å²) in [7, 11) is 0. The first kappa shape index (κ1) is 22.1. The SMILES string of the molecule is CC(C)OC(=O)[C@@H]1OC([C@H]2CSC[C@H]([C@@H](C)O)C2=O)O[C@H]1C(=O)OC(C)C. The summed E-state index contributed by atoms with van der Waals surface area (Å²) in [6.07, 6.45) is -5.25. The van der Waals surface area contributed by atoms with Gasteiger partial charge in [0.15, 0.2) is 18.5 Å². The van der Waals surface area contributed by atoms with Crippen molar-refractivity contribution in [2.75, 3.05) is 11.5 Å². The molecule has 0 unspecified atom stereocenters. The standard InChI is InChI=1S/C18H28O8S/c1-8(2)23-16(21)14-15(17(22)24-9(3)4)26-18(25-14)12-7-27-6-11(10(5)19)13(12)20/h8-12,14-15,18-19H,6-7H2,1-5H3/t10-,11-,12+,14-,15-/m1/s1. The fourth-order valence-electron chi connectivity index (χ4n) is 2.96. The van der Waals surface area contributed by atoms with Gasteiger partial charge >= 0.3 is 11.9 Å². The zero-order chi connectivity index (χ0) is 20.3. The Morgan fingerprint density at radius 1 is 1.00 bits per heavy atom. The molecule has 0 bridgehead atoms. The highest BCUT2D eigenvalue weighted by Gasteiger charge is 2.52. The Labute approximate surface area is 163 Å². The predicted molar refractivity (Wildman–Crippen MR) is 97.0 cm³/mol. The van der Waals surface area contributed by atoms with Gasteiger partial charge in [-0.1, -0.05) is 0 Å². The number of aliphatic hydroxyl groups is 1. The summed E-state index contributed by atoms with van der Waals surface area (Å²) in [5, 5.41) is 9.82. The minimum absolute atomic E-state index is 0.192. The molecule has 2 heterocycles. The molecule has 5 atom stereocenters. The van der Waals surface area contributed by atoms with Crippen LogP contribution in [0.3, 0.4) is 0 Å². The van der Waals surface area contributed by atoms with Crippen molar-refractivity contribution >= 4 is 29.5 Å². The van der Waals surface area contributed by atoms with Crippen molar-refractivity contribution in [2.24, 2.45) is 11.8 Å². The average molecular weight is 404 g/mol. The van der Waals surface area contributed by atoms with Gasteiger partial charge < -0.3 is 24.1 Å². The number of esters is 2. The zero-order valence-corrected chi connectivity index (χ0v) is 17.1. The Morgan fingerprint density at radius 2 is 1.48 bits per heavy atom. The van der Waals surface area contributed by atoms with Crippen LogP contribution in [0.5, 0.6) is 0 Å². The number of aliphatic hydroxyl groups excluding tert-OH is 1. The number of thioether (sulfide) groups is 1. The van der Waals surface area contributed by atoms with E-state index in [9.17, 15) is 19.5 Å². The maximum absolute atomic E-state index is 12.7. The molecular formula is C18H28O8S. The van der Waals surface area contributed by atoms with E-state index < -0.39 is 60.6 Å². The van der Waals surface area contributed by atoms with E-state index in [0.717, 1.165) is 0 Å². The molecule has 0 aromatic carbocycles. The van der Waals surface area contributed by atoms with Gasteiger partial charge in [0.05, 0.1) is 30.1 Å². The minimum Gasteiger partial charge on any atom is -0.461 e. The van der Waals surface area contributed by atoms with Crippen LogP contribution in [0.15, 0.2) is 0 Å². The number of hydrogen-bond donors (Lipinski definition) is 1. The van der Waals surface area contributed by atoms with Gasteiger partial charge in [-0.25, -0.2) is 9.59 Å². The summed E-state index contributed by atoms with van der Waals surface area (Å²) >= 11 is 1.50. The largest absolute Gasteiger partial charge is 0.461 e. The molecule has 0 spiro atoms. The first-order chi connectivity index (χ1) is 12.6. The predicted octanol–water partition coefficient (Wildman–Crippen LogP) is 0.929. The van der Waals surface area contributed by atoms with Crippen molar-refractivity contribution in [1.82, 2.24) is 0 Å². The van der Waals surface area contributed by atoms with Gasteiger partial charge in [0.2, 0.25) is 0 Å². The van der Waals surface area contributed by atoms with Crippen LogP contribution in [0.2, 0.25) is 0 Å². The van der Waals surface area contributed by atoms with E-state index in [1.54, 1.807) is 34.6 Å². The third-order valence-corrected chi connectivity index (χ3v) is 5.43. The number of Topliss-reactive ketones (excluding diaryl/α,β-unsaturated/α-hetero) is 1. The second-order valence-corrected chi connectivity index (χ2v) is 8.42. The van der Waals surface area contributed by atoms with E-state index in [0.29, 0.717) is 11.5 Å². The van der Waals surface area contributed by atoms with Crippen LogP contribution in [0.4, 0.5) is 0 Å². The van der Waals surface area contributed by atoms with E-state index >= 15 is 0 Å². The summed E-state index contributed by atoms with van der Waals surface area (Å²) < 4.78 is 21.6. The highest BCUT2D eigenvalue weighted by Crippen LogP contribution is 2.35. The fraction of sp³-hybridized carbons (Fsp3) is 0.833. The van der Waals surface area contributed by atoms with Crippen molar-refractivity contribution < 1.29 is 38.4 Å². The normalized spacial score (nSPS) is 30.6. The van der Waals surface area contributed by atoms with Crippen molar-refractivity contribution in [2.45, 2.75) is 71.4 Å². The molecule has 1 N–H and O–H groups in total. The summed E-state index contributed by atoms with van der Waals surface area (Å²) in [4.78, 5) is 37.4. The Bertz CT molecular complexity index is 532. The maximum atomic E-state index is 12.7. The van der Waals surface area contributed by atoms with E-state index in [-0.39, 0.29) is 5.78 Å². The van der Waals surface area contributed by atoms with Crippen molar-refractivity contribution in [3.05, 3.63) is 0 Å². The second kappa shape index (κ2) is 9.36. The van der Waals surface area contributed by atoms with E-state index in [1.165, 1.54) is 11.8 Å². The summed E-state index contributed by atoms with van der Waals surface area (Å²) in [5.41, 5.74) is 0. The molecule has 154 valence electrons. The summed E-state index contributed by atoms with van der Waals surface area (Å²) in [5.74, 6) is -1.95. The van der Waals surface area contributed by atoms with Gasteiger partial charge in [-0.2, -0.15) is 11.8 Å². The molecular weight excluding hydrogens is 376 g/mol. The highest BCUT2D eigenvalue weighted by atomic mass is 32.2. The topological polar surface area (TPSA) is 108 Å². The lowest BCUT2D eigenvalue weighted by Crippen LogP contribution is -2.44. The molecule has 0 aliphatic carbocycles. The number of ether oxygens (including phenoxy) is 4. The van der Waals surface area contributed by atoms with Crippen molar-refractivity contribution in [1.29, 1.82) is 0 Å². The van der Waals surface area contributed by atoms with Gasteiger partial charge in [-0.05, 0) is 34.6 Å². The van der Waals surface area contributed by atoms with E-state index in [2.05, 4.69) is 0 Å². The molecule has 8 nitrogen and oxygen atoms in total.